The van der Waals surface area contributed by atoms with Crippen molar-refractivity contribution < 1.29 is 31.8 Å². The molecule has 0 aromatic heterocycles. The highest BCUT2D eigenvalue weighted by Gasteiger charge is 2.03. The Morgan fingerprint density at radius 1 is 0.571 bits per heavy atom. The van der Waals surface area contributed by atoms with Gasteiger partial charge in [0.05, 0.1) is 0 Å². The average molecular weight is 302 g/mol. The van der Waals surface area contributed by atoms with E-state index in [4.69, 9.17) is 14.2 Å². The predicted octanol–water partition coefficient (Wildman–Crippen LogP) is 3.63. The maximum atomic E-state index is 12.8. The third-order valence-corrected chi connectivity index (χ3v) is 2.29. The van der Waals surface area contributed by atoms with Gasteiger partial charge in [-0.05, 0) is 0 Å². The van der Waals surface area contributed by atoms with E-state index in [1.807, 2.05) is 0 Å². The molecule has 0 radical (unpaired) electrons. The molecule has 7 heteroatoms. The summed E-state index contributed by atoms with van der Waals surface area (Å²) in [4.78, 5) is 0. The molecule has 2 aromatic rings. The van der Waals surface area contributed by atoms with Gasteiger partial charge in [0.2, 0.25) is 0 Å². The summed E-state index contributed by atoms with van der Waals surface area (Å²) < 4.78 is 66.1. The quantitative estimate of drug-likeness (QED) is 0.463. The van der Waals surface area contributed by atoms with Crippen molar-refractivity contribution in [1.82, 2.24) is 0 Å². The third kappa shape index (κ3) is 4.96. The maximum Gasteiger partial charge on any atom is 0.192 e. The van der Waals surface area contributed by atoms with Crippen LogP contribution in [0.1, 0.15) is 0 Å². The first-order chi connectivity index (χ1) is 10.0. The number of hydrogen-bond donors (Lipinski definition) is 0. The van der Waals surface area contributed by atoms with Crippen LogP contribution in [0.4, 0.5) is 17.6 Å². The molecule has 0 bridgehead atoms. The van der Waals surface area contributed by atoms with Gasteiger partial charge in [0.15, 0.2) is 13.6 Å². The fourth-order valence-corrected chi connectivity index (χ4v) is 1.48. The van der Waals surface area contributed by atoms with E-state index in [9.17, 15) is 17.6 Å². The Balaban J connectivity index is 1.74. The molecule has 0 unspecified atom stereocenters. The highest BCUT2D eigenvalue weighted by molar-refractivity contribution is 5.24. The summed E-state index contributed by atoms with van der Waals surface area (Å²) in [5.41, 5.74) is 0. The molecule has 0 fully saturated rings. The van der Waals surface area contributed by atoms with E-state index in [0.717, 1.165) is 24.3 Å². The van der Waals surface area contributed by atoms with Crippen molar-refractivity contribution in [3.63, 3.8) is 0 Å². The summed E-state index contributed by atoms with van der Waals surface area (Å²) in [5.74, 6) is -3.23. The lowest BCUT2D eigenvalue weighted by Gasteiger charge is -2.09. The molecule has 112 valence electrons. The second-order valence-electron chi connectivity index (χ2n) is 3.94. The zero-order chi connectivity index (χ0) is 15.2. The van der Waals surface area contributed by atoms with Crippen LogP contribution in [0.3, 0.4) is 0 Å². The van der Waals surface area contributed by atoms with Gasteiger partial charge in [-0.25, -0.2) is 17.6 Å². The first-order valence-corrected chi connectivity index (χ1v) is 5.78. The van der Waals surface area contributed by atoms with Crippen LogP contribution in [-0.2, 0) is 4.74 Å². The Morgan fingerprint density at radius 2 is 0.905 bits per heavy atom. The SMILES string of the molecule is Fc1cc(F)cc(OCOCOc2cc(F)cc(F)c2)c1. The van der Waals surface area contributed by atoms with Crippen LogP contribution in [0.25, 0.3) is 0 Å². The van der Waals surface area contributed by atoms with Gasteiger partial charge in [-0.2, -0.15) is 0 Å². The molecular formula is C14H10F4O3. The lowest BCUT2D eigenvalue weighted by Crippen LogP contribution is -2.09. The van der Waals surface area contributed by atoms with Crippen LogP contribution >= 0.6 is 0 Å². The Hall–Kier alpha value is -2.28. The van der Waals surface area contributed by atoms with Crippen LogP contribution in [-0.4, -0.2) is 13.6 Å². The minimum Gasteiger partial charge on any atom is -0.467 e. The van der Waals surface area contributed by atoms with Crippen LogP contribution in [0.5, 0.6) is 11.5 Å². The zero-order valence-electron chi connectivity index (χ0n) is 10.6. The number of hydrogen-bond acceptors (Lipinski definition) is 3. The third-order valence-electron chi connectivity index (χ3n) is 2.29. The standard InChI is InChI=1S/C14H10F4O3/c15-9-1-10(16)4-13(3-9)20-7-19-8-21-14-5-11(17)2-12(18)6-14/h1-6H,7-8H2. The normalized spacial score (nSPS) is 10.5. The number of rotatable bonds is 6. The molecule has 21 heavy (non-hydrogen) atoms. The molecule has 0 N–H and O–H groups in total. The lowest BCUT2D eigenvalue weighted by atomic mass is 10.3. The molecule has 0 amide bonds. The minimum atomic E-state index is -0.781. The summed E-state index contributed by atoms with van der Waals surface area (Å²) in [6.45, 7) is -0.693. The number of benzene rings is 2. The molecule has 2 rings (SSSR count). The van der Waals surface area contributed by atoms with Crippen LogP contribution < -0.4 is 9.47 Å². The molecule has 0 spiro atoms. The number of ether oxygens (including phenoxy) is 3. The average Bonchev–Trinajstić information content (AvgIpc) is 2.36. The summed E-state index contributed by atoms with van der Waals surface area (Å²) in [6, 6.07) is 5.33. The largest absolute Gasteiger partial charge is 0.467 e. The lowest BCUT2D eigenvalue weighted by molar-refractivity contribution is -0.0539. The van der Waals surface area contributed by atoms with Crippen molar-refractivity contribution in [2.45, 2.75) is 0 Å². The van der Waals surface area contributed by atoms with Crippen LogP contribution in [0.15, 0.2) is 36.4 Å². The zero-order valence-corrected chi connectivity index (χ0v) is 10.6. The molecule has 0 saturated carbocycles. The summed E-state index contributed by atoms with van der Waals surface area (Å²) in [5, 5.41) is 0. The number of halogens is 4. The molecule has 0 heterocycles. The van der Waals surface area contributed by atoms with Crippen molar-refractivity contribution >= 4 is 0 Å². The van der Waals surface area contributed by atoms with Gasteiger partial charge in [-0.3, -0.25) is 0 Å². The second kappa shape index (κ2) is 6.94. The van der Waals surface area contributed by atoms with Crippen molar-refractivity contribution in [1.29, 1.82) is 0 Å². The van der Waals surface area contributed by atoms with Gasteiger partial charge in [-0.15, -0.1) is 0 Å². The molecule has 0 saturated heterocycles. The molecule has 0 aliphatic carbocycles. The van der Waals surface area contributed by atoms with Crippen molar-refractivity contribution in [3.05, 3.63) is 59.7 Å². The fourth-order valence-electron chi connectivity index (χ4n) is 1.48. The van der Waals surface area contributed by atoms with Gasteiger partial charge in [0, 0.05) is 36.4 Å². The van der Waals surface area contributed by atoms with E-state index in [1.54, 1.807) is 0 Å². The molecule has 2 aromatic carbocycles. The van der Waals surface area contributed by atoms with E-state index in [0.29, 0.717) is 12.1 Å². The molecule has 0 atom stereocenters. The van der Waals surface area contributed by atoms with Crippen molar-refractivity contribution in [3.8, 4) is 11.5 Å². The monoisotopic (exact) mass is 302 g/mol. The summed E-state index contributed by atoms with van der Waals surface area (Å²) in [6.07, 6.45) is 0. The van der Waals surface area contributed by atoms with Crippen molar-refractivity contribution in [2.75, 3.05) is 13.6 Å². The fraction of sp³-hybridized carbons (Fsp3) is 0.143. The Morgan fingerprint density at radius 3 is 1.24 bits per heavy atom. The van der Waals surface area contributed by atoms with E-state index >= 15 is 0 Å². The van der Waals surface area contributed by atoms with Gasteiger partial charge in [-0.1, -0.05) is 0 Å². The van der Waals surface area contributed by atoms with Crippen molar-refractivity contribution in [2.24, 2.45) is 0 Å². The van der Waals surface area contributed by atoms with E-state index in [2.05, 4.69) is 0 Å². The Labute approximate surface area is 117 Å². The molecule has 3 nitrogen and oxygen atoms in total. The van der Waals surface area contributed by atoms with Crippen LogP contribution in [0, 0.1) is 23.3 Å². The topological polar surface area (TPSA) is 27.7 Å². The van der Waals surface area contributed by atoms with Gasteiger partial charge < -0.3 is 14.2 Å². The van der Waals surface area contributed by atoms with Gasteiger partial charge >= 0.3 is 0 Å². The first-order valence-electron chi connectivity index (χ1n) is 5.78. The second-order valence-corrected chi connectivity index (χ2v) is 3.94. The van der Waals surface area contributed by atoms with Gasteiger partial charge in [0.1, 0.15) is 34.8 Å². The molecule has 0 aliphatic heterocycles. The molecule has 0 aliphatic rings. The van der Waals surface area contributed by atoms with E-state index < -0.39 is 23.3 Å². The highest BCUT2D eigenvalue weighted by Crippen LogP contribution is 2.16. The molecular weight excluding hydrogens is 292 g/mol. The maximum absolute atomic E-state index is 12.8. The summed E-state index contributed by atoms with van der Waals surface area (Å²) >= 11 is 0. The smallest absolute Gasteiger partial charge is 0.192 e. The van der Waals surface area contributed by atoms with E-state index in [1.165, 1.54) is 0 Å². The first kappa shape index (κ1) is 15.1. The predicted molar refractivity (Wildman–Crippen MR) is 64.8 cm³/mol. The Kier molecular flexibility index (Phi) is 4.99. The highest BCUT2D eigenvalue weighted by atomic mass is 19.1. The van der Waals surface area contributed by atoms with E-state index in [-0.39, 0.29) is 25.1 Å². The summed E-state index contributed by atoms with van der Waals surface area (Å²) in [7, 11) is 0. The van der Waals surface area contributed by atoms with Crippen LogP contribution in [0.2, 0.25) is 0 Å². The van der Waals surface area contributed by atoms with Gasteiger partial charge in [0.25, 0.3) is 0 Å². The Bertz CT molecular complexity index is 525. The minimum absolute atomic E-state index is 0.0516.